The molecule has 1 heterocycles. The summed E-state index contributed by atoms with van der Waals surface area (Å²) in [4.78, 5) is 25.5. The second-order valence-electron chi connectivity index (χ2n) is 8.51. The van der Waals surface area contributed by atoms with Gasteiger partial charge in [-0.2, -0.15) is 0 Å². The van der Waals surface area contributed by atoms with Crippen LogP contribution in [-0.2, 0) is 11.3 Å². The maximum atomic E-state index is 12.8. The molecule has 4 aromatic rings. The number of amides is 2. The normalized spacial score (nSPS) is 12.0. The van der Waals surface area contributed by atoms with Gasteiger partial charge in [0.1, 0.15) is 0 Å². The number of nitrogens with zero attached hydrogens (tertiary/aromatic N) is 3. The molecule has 0 radical (unpaired) electrons. The zero-order valence-electron chi connectivity index (χ0n) is 20.1. The molecule has 0 bridgehead atoms. The first-order valence-electron chi connectivity index (χ1n) is 11.7. The van der Waals surface area contributed by atoms with Gasteiger partial charge in [0.15, 0.2) is 11.0 Å². The van der Waals surface area contributed by atoms with E-state index in [0.29, 0.717) is 23.1 Å². The Morgan fingerprint density at radius 1 is 0.943 bits per heavy atom. The summed E-state index contributed by atoms with van der Waals surface area (Å²) in [5.74, 6) is 0.716. The number of fused-ring (bicyclic) bond motifs is 1. The molecule has 0 aliphatic rings. The minimum Gasteiger partial charge on any atom is -0.342 e. The van der Waals surface area contributed by atoms with Crippen molar-refractivity contribution in [3.05, 3.63) is 84.2 Å². The SMILES string of the molecule is CCn1c(SCC(=O)Nc2cccc3ccccc23)nnc1C(NC(=O)c1ccccc1)C(C)C. The lowest BCUT2D eigenvalue weighted by molar-refractivity contribution is -0.113. The van der Waals surface area contributed by atoms with Crippen molar-refractivity contribution in [1.82, 2.24) is 20.1 Å². The van der Waals surface area contributed by atoms with Gasteiger partial charge >= 0.3 is 0 Å². The van der Waals surface area contributed by atoms with Gasteiger partial charge in [-0.25, -0.2) is 0 Å². The maximum Gasteiger partial charge on any atom is 0.251 e. The van der Waals surface area contributed by atoms with Crippen LogP contribution in [0.5, 0.6) is 0 Å². The van der Waals surface area contributed by atoms with Crippen LogP contribution in [0, 0.1) is 5.92 Å². The van der Waals surface area contributed by atoms with E-state index >= 15 is 0 Å². The molecule has 180 valence electrons. The summed E-state index contributed by atoms with van der Waals surface area (Å²) in [5.41, 5.74) is 1.38. The van der Waals surface area contributed by atoms with Crippen molar-refractivity contribution in [2.75, 3.05) is 11.1 Å². The van der Waals surface area contributed by atoms with Gasteiger partial charge < -0.3 is 15.2 Å². The van der Waals surface area contributed by atoms with Crippen LogP contribution < -0.4 is 10.6 Å². The van der Waals surface area contributed by atoms with Crippen LogP contribution in [0.4, 0.5) is 5.69 Å². The average Bonchev–Trinajstić information content (AvgIpc) is 3.29. The van der Waals surface area contributed by atoms with E-state index in [9.17, 15) is 9.59 Å². The fourth-order valence-electron chi connectivity index (χ4n) is 3.93. The molecule has 1 atom stereocenters. The third kappa shape index (κ3) is 5.71. The predicted molar refractivity (Wildman–Crippen MR) is 140 cm³/mol. The molecule has 1 unspecified atom stereocenters. The lowest BCUT2D eigenvalue weighted by Gasteiger charge is -2.22. The summed E-state index contributed by atoms with van der Waals surface area (Å²) in [6.07, 6.45) is 0. The van der Waals surface area contributed by atoms with E-state index in [1.54, 1.807) is 12.1 Å². The zero-order valence-corrected chi connectivity index (χ0v) is 20.9. The maximum absolute atomic E-state index is 12.8. The van der Waals surface area contributed by atoms with E-state index in [2.05, 4.69) is 20.8 Å². The smallest absolute Gasteiger partial charge is 0.251 e. The molecule has 0 fully saturated rings. The zero-order chi connectivity index (χ0) is 24.8. The van der Waals surface area contributed by atoms with Crippen molar-refractivity contribution in [3.8, 4) is 0 Å². The summed E-state index contributed by atoms with van der Waals surface area (Å²) in [7, 11) is 0. The Kier molecular flexibility index (Phi) is 7.82. The van der Waals surface area contributed by atoms with Crippen molar-refractivity contribution in [1.29, 1.82) is 0 Å². The molecule has 4 rings (SSSR count). The van der Waals surface area contributed by atoms with Crippen LogP contribution in [0.2, 0.25) is 0 Å². The third-order valence-electron chi connectivity index (χ3n) is 5.73. The Labute approximate surface area is 209 Å². The van der Waals surface area contributed by atoms with Crippen molar-refractivity contribution < 1.29 is 9.59 Å². The fourth-order valence-corrected chi connectivity index (χ4v) is 4.74. The molecular formula is C27H29N5O2S. The Balaban J connectivity index is 1.46. The highest BCUT2D eigenvalue weighted by atomic mass is 32.2. The number of rotatable bonds is 9. The van der Waals surface area contributed by atoms with Crippen molar-refractivity contribution >= 4 is 40.0 Å². The standard InChI is InChI=1S/C27H29N5O2S/c1-4-32-25(24(18(2)3)29-26(34)20-12-6-5-7-13-20)30-31-27(32)35-17-23(33)28-22-16-10-14-19-11-8-9-15-21(19)22/h5-16,18,24H,4,17H2,1-3H3,(H,28,33)(H,29,34). The van der Waals surface area contributed by atoms with E-state index in [1.165, 1.54) is 11.8 Å². The Hall–Kier alpha value is -3.65. The number of carbonyl (C=O) groups is 2. The molecular weight excluding hydrogens is 458 g/mol. The number of anilines is 1. The van der Waals surface area contributed by atoms with Crippen LogP contribution in [-0.4, -0.2) is 32.3 Å². The number of hydrogen-bond donors (Lipinski definition) is 2. The van der Waals surface area contributed by atoms with Crippen LogP contribution in [0.1, 0.15) is 43.0 Å². The van der Waals surface area contributed by atoms with Gasteiger partial charge in [0.2, 0.25) is 5.91 Å². The monoisotopic (exact) mass is 487 g/mol. The lowest BCUT2D eigenvalue weighted by Crippen LogP contribution is -2.33. The van der Waals surface area contributed by atoms with Crippen molar-refractivity contribution in [3.63, 3.8) is 0 Å². The highest BCUT2D eigenvalue weighted by molar-refractivity contribution is 7.99. The summed E-state index contributed by atoms with van der Waals surface area (Å²) in [6.45, 7) is 6.70. The Morgan fingerprint density at radius 2 is 1.66 bits per heavy atom. The largest absolute Gasteiger partial charge is 0.342 e. The molecule has 0 aliphatic heterocycles. The molecule has 1 aromatic heterocycles. The molecule has 2 N–H and O–H groups in total. The first-order chi connectivity index (χ1) is 17.0. The first kappa shape index (κ1) is 24.5. The van der Waals surface area contributed by atoms with Gasteiger partial charge in [-0.15, -0.1) is 10.2 Å². The van der Waals surface area contributed by atoms with Crippen LogP contribution in [0.25, 0.3) is 10.8 Å². The number of hydrogen-bond acceptors (Lipinski definition) is 5. The summed E-state index contributed by atoms with van der Waals surface area (Å²) in [5, 5.41) is 17.6. The molecule has 7 nitrogen and oxygen atoms in total. The molecule has 35 heavy (non-hydrogen) atoms. The summed E-state index contributed by atoms with van der Waals surface area (Å²) < 4.78 is 1.96. The van der Waals surface area contributed by atoms with Crippen LogP contribution in [0.3, 0.4) is 0 Å². The Morgan fingerprint density at radius 3 is 2.40 bits per heavy atom. The molecule has 0 aliphatic carbocycles. The Bertz CT molecular complexity index is 1310. The van der Waals surface area contributed by atoms with E-state index in [4.69, 9.17) is 0 Å². The third-order valence-corrected chi connectivity index (χ3v) is 6.69. The molecule has 3 aromatic carbocycles. The highest BCUT2D eigenvalue weighted by Gasteiger charge is 2.26. The molecule has 8 heteroatoms. The number of thioether (sulfide) groups is 1. The first-order valence-corrected chi connectivity index (χ1v) is 12.7. The van der Waals surface area contributed by atoms with Crippen molar-refractivity contribution in [2.24, 2.45) is 5.92 Å². The average molecular weight is 488 g/mol. The second kappa shape index (κ2) is 11.2. The minimum atomic E-state index is -0.311. The number of nitrogens with one attached hydrogen (secondary N) is 2. The van der Waals surface area contributed by atoms with Gasteiger partial charge in [0.25, 0.3) is 5.91 Å². The van der Waals surface area contributed by atoms with E-state index in [0.717, 1.165) is 16.5 Å². The molecule has 0 spiro atoms. The second-order valence-corrected chi connectivity index (χ2v) is 9.45. The number of benzene rings is 3. The van der Waals surface area contributed by atoms with Gasteiger partial charge in [-0.3, -0.25) is 9.59 Å². The summed E-state index contributed by atoms with van der Waals surface area (Å²) >= 11 is 1.33. The predicted octanol–water partition coefficient (Wildman–Crippen LogP) is 5.31. The highest BCUT2D eigenvalue weighted by Crippen LogP contribution is 2.27. The van der Waals surface area contributed by atoms with Crippen molar-refractivity contribution in [2.45, 2.75) is 38.5 Å². The quantitative estimate of drug-likeness (QED) is 0.312. The van der Waals surface area contributed by atoms with Gasteiger partial charge in [-0.1, -0.05) is 80.2 Å². The van der Waals surface area contributed by atoms with E-state index in [1.807, 2.05) is 86.0 Å². The summed E-state index contributed by atoms with van der Waals surface area (Å²) in [6, 6.07) is 22.6. The van der Waals surface area contributed by atoms with Crippen LogP contribution >= 0.6 is 11.8 Å². The van der Waals surface area contributed by atoms with E-state index in [-0.39, 0.29) is 29.5 Å². The van der Waals surface area contributed by atoms with Gasteiger partial charge in [-0.05, 0) is 36.4 Å². The van der Waals surface area contributed by atoms with Crippen LogP contribution in [0.15, 0.2) is 78.0 Å². The fraction of sp³-hybridized carbons (Fsp3) is 0.259. The molecule has 0 saturated heterocycles. The number of aromatic nitrogens is 3. The van der Waals surface area contributed by atoms with Gasteiger partial charge in [0, 0.05) is 23.2 Å². The minimum absolute atomic E-state index is 0.102. The van der Waals surface area contributed by atoms with Gasteiger partial charge in [0.05, 0.1) is 11.8 Å². The van der Waals surface area contributed by atoms with E-state index < -0.39 is 0 Å². The topological polar surface area (TPSA) is 88.9 Å². The molecule has 2 amide bonds. The number of carbonyl (C=O) groups excluding carboxylic acids is 2. The lowest BCUT2D eigenvalue weighted by atomic mass is 10.0. The molecule has 0 saturated carbocycles.